The van der Waals surface area contributed by atoms with Gasteiger partial charge in [-0.1, -0.05) is 12.1 Å². The molecular weight excluding hydrogens is 354 g/mol. The van der Waals surface area contributed by atoms with Crippen molar-refractivity contribution in [3.63, 3.8) is 0 Å². The average Bonchev–Trinajstić information content (AvgIpc) is 2.92. The number of aryl methyl sites for hydroxylation is 1. The molecule has 1 heterocycles. The number of ether oxygens (including phenoxy) is 1. The number of halogens is 5. The van der Waals surface area contributed by atoms with Crippen LogP contribution in [0.25, 0.3) is 0 Å². The zero-order valence-corrected chi connectivity index (χ0v) is 13.8. The van der Waals surface area contributed by atoms with Gasteiger partial charge < -0.3 is 14.6 Å². The van der Waals surface area contributed by atoms with Crippen LogP contribution < -0.4 is 10.1 Å². The molecule has 130 valence electrons. The lowest BCUT2D eigenvalue weighted by molar-refractivity contribution is -0.274. The van der Waals surface area contributed by atoms with E-state index in [1.807, 2.05) is 10.8 Å². The van der Waals surface area contributed by atoms with Crippen LogP contribution in [0.15, 0.2) is 43.0 Å². The molecule has 0 aliphatic carbocycles. The number of aromatic nitrogens is 2. The van der Waals surface area contributed by atoms with E-state index in [2.05, 4.69) is 15.0 Å². The van der Waals surface area contributed by atoms with Crippen LogP contribution in [0.3, 0.4) is 0 Å². The molecule has 1 aromatic heterocycles. The Balaban J connectivity index is 0.00000242. The topological polar surface area (TPSA) is 39.1 Å². The fraction of sp³-hybridized carbons (Fsp3) is 0.357. The Morgan fingerprint density at radius 1 is 1.13 bits per heavy atom. The number of imidazole rings is 1. The van der Waals surface area contributed by atoms with Crippen molar-refractivity contribution < 1.29 is 17.9 Å². The smallest absolute Gasteiger partial charge is 0.406 e. The SMILES string of the molecule is Cl.Cl.FC(F)(F)Oc1ccc(CNCCCn2ccnc2)cc1. The van der Waals surface area contributed by atoms with Crippen LogP contribution >= 0.6 is 24.8 Å². The fourth-order valence-corrected chi connectivity index (χ4v) is 1.85. The van der Waals surface area contributed by atoms with Crippen LogP contribution in [0, 0.1) is 0 Å². The summed E-state index contributed by atoms with van der Waals surface area (Å²) in [5.74, 6) is -0.202. The van der Waals surface area contributed by atoms with Gasteiger partial charge in [-0.3, -0.25) is 0 Å². The molecule has 2 rings (SSSR count). The second kappa shape index (κ2) is 10.4. The summed E-state index contributed by atoms with van der Waals surface area (Å²) in [5.41, 5.74) is 0.909. The standard InChI is InChI=1S/C14H16F3N3O.2ClH/c15-14(16,17)21-13-4-2-12(3-5-13)10-18-6-1-8-20-9-7-19-11-20;;/h2-5,7,9,11,18H,1,6,8,10H2;2*1H. The van der Waals surface area contributed by atoms with Crippen LogP contribution in [0.1, 0.15) is 12.0 Å². The molecule has 0 amide bonds. The molecule has 0 aliphatic rings. The van der Waals surface area contributed by atoms with Crippen LogP contribution in [0.4, 0.5) is 13.2 Å². The van der Waals surface area contributed by atoms with E-state index in [-0.39, 0.29) is 30.6 Å². The number of alkyl halides is 3. The molecule has 0 saturated heterocycles. The molecule has 0 spiro atoms. The van der Waals surface area contributed by atoms with Crippen LogP contribution in [0.2, 0.25) is 0 Å². The third-order valence-corrected chi connectivity index (χ3v) is 2.82. The van der Waals surface area contributed by atoms with E-state index in [4.69, 9.17) is 0 Å². The van der Waals surface area contributed by atoms with Crippen molar-refractivity contribution in [3.8, 4) is 5.75 Å². The maximum atomic E-state index is 12.0. The first-order valence-corrected chi connectivity index (χ1v) is 6.54. The number of hydrogen-bond acceptors (Lipinski definition) is 3. The number of nitrogens with zero attached hydrogens (tertiary/aromatic N) is 2. The van der Waals surface area contributed by atoms with Gasteiger partial charge in [0.25, 0.3) is 0 Å². The van der Waals surface area contributed by atoms with Crippen molar-refractivity contribution in [2.24, 2.45) is 0 Å². The zero-order chi connectivity index (χ0) is 15.1. The van der Waals surface area contributed by atoms with Crippen molar-refractivity contribution in [2.45, 2.75) is 25.9 Å². The second-order valence-electron chi connectivity index (χ2n) is 4.52. The highest BCUT2D eigenvalue weighted by Crippen LogP contribution is 2.22. The molecule has 4 nitrogen and oxygen atoms in total. The summed E-state index contributed by atoms with van der Waals surface area (Å²) >= 11 is 0. The average molecular weight is 372 g/mol. The Labute approximate surface area is 144 Å². The molecule has 0 bridgehead atoms. The van der Waals surface area contributed by atoms with Crippen LogP contribution in [-0.4, -0.2) is 22.5 Å². The van der Waals surface area contributed by atoms with Crippen molar-refractivity contribution in [2.75, 3.05) is 6.54 Å². The van der Waals surface area contributed by atoms with Gasteiger partial charge in [0.15, 0.2) is 0 Å². The summed E-state index contributed by atoms with van der Waals surface area (Å²) in [6.45, 7) is 2.31. The predicted molar refractivity (Wildman–Crippen MR) is 86.2 cm³/mol. The molecule has 0 unspecified atom stereocenters. The molecule has 1 N–H and O–H groups in total. The molecule has 2 aromatic rings. The number of hydrogen-bond donors (Lipinski definition) is 1. The number of rotatable bonds is 7. The maximum absolute atomic E-state index is 12.0. The molecule has 0 radical (unpaired) electrons. The van der Waals surface area contributed by atoms with Crippen molar-refractivity contribution in [1.82, 2.24) is 14.9 Å². The Hall–Kier alpha value is -1.44. The molecule has 1 aromatic carbocycles. The van der Waals surface area contributed by atoms with Crippen LogP contribution in [-0.2, 0) is 13.1 Å². The fourth-order valence-electron chi connectivity index (χ4n) is 1.85. The normalized spacial score (nSPS) is 10.6. The lowest BCUT2D eigenvalue weighted by atomic mass is 10.2. The number of nitrogens with one attached hydrogen (secondary N) is 1. The highest BCUT2D eigenvalue weighted by molar-refractivity contribution is 5.85. The first kappa shape index (κ1) is 21.6. The highest BCUT2D eigenvalue weighted by atomic mass is 35.5. The lowest BCUT2D eigenvalue weighted by Gasteiger charge is -2.09. The summed E-state index contributed by atoms with van der Waals surface area (Å²) in [7, 11) is 0. The van der Waals surface area contributed by atoms with Gasteiger partial charge in [0, 0.05) is 25.5 Å². The van der Waals surface area contributed by atoms with Crippen molar-refractivity contribution >= 4 is 24.8 Å². The van der Waals surface area contributed by atoms with E-state index >= 15 is 0 Å². The Bertz CT molecular complexity index is 533. The first-order chi connectivity index (χ1) is 10.0. The minimum atomic E-state index is -4.65. The monoisotopic (exact) mass is 371 g/mol. The minimum absolute atomic E-state index is 0. The Kier molecular flexibility index (Phi) is 9.71. The van der Waals surface area contributed by atoms with Crippen LogP contribution in [0.5, 0.6) is 5.75 Å². The van der Waals surface area contributed by atoms with E-state index in [1.54, 1.807) is 24.7 Å². The van der Waals surface area contributed by atoms with E-state index in [0.29, 0.717) is 6.54 Å². The third-order valence-electron chi connectivity index (χ3n) is 2.82. The molecule has 23 heavy (non-hydrogen) atoms. The largest absolute Gasteiger partial charge is 0.573 e. The van der Waals surface area contributed by atoms with E-state index in [1.165, 1.54) is 12.1 Å². The third kappa shape index (κ3) is 8.68. The van der Waals surface area contributed by atoms with E-state index in [9.17, 15) is 13.2 Å². The first-order valence-electron chi connectivity index (χ1n) is 6.54. The molecule has 0 saturated carbocycles. The molecular formula is C14H18Cl2F3N3O. The second-order valence-corrected chi connectivity index (χ2v) is 4.52. The number of benzene rings is 1. The summed E-state index contributed by atoms with van der Waals surface area (Å²) in [5, 5.41) is 3.24. The quantitative estimate of drug-likeness (QED) is 0.752. The summed E-state index contributed by atoms with van der Waals surface area (Å²) in [6, 6.07) is 5.86. The van der Waals surface area contributed by atoms with Gasteiger partial charge >= 0.3 is 6.36 Å². The predicted octanol–water partition coefficient (Wildman–Crippen LogP) is 3.81. The summed E-state index contributed by atoms with van der Waals surface area (Å²) in [4.78, 5) is 3.95. The van der Waals surface area contributed by atoms with E-state index in [0.717, 1.165) is 25.1 Å². The maximum Gasteiger partial charge on any atom is 0.573 e. The Morgan fingerprint density at radius 2 is 1.83 bits per heavy atom. The van der Waals surface area contributed by atoms with Crippen molar-refractivity contribution in [1.29, 1.82) is 0 Å². The summed E-state index contributed by atoms with van der Waals surface area (Å²) < 4.78 is 41.8. The van der Waals surface area contributed by atoms with Gasteiger partial charge in [0.05, 0.1) is 6.33 Å². The van der Waals surface area contributed by atoms with Gasteiger partial charge in [-0.2, -0.15) is 0 Å². The molecule has 9 heteroatoms. The summed E-state index contributed by atoms with van der Waals surface area (Å²) in [6.07, 6.45) is 1.70. The van der Waals surface area contributed by atoms with Gasteiger partial charge in [-0.25, -0.2) is 4.98 Å². The zero-order valence-electron chi connectivity index (χ0n) is 12.1. The Morgan fingerprint density at radius 3 is 2.39 bits per heavy atom. The lowest BCUT2D eigenvalue weighted by Crippen LogP contribution is -2.17. The van der Waals surface area contributed by atoms with Gasteiger partial charge in [0.2, 0.25) is 0 Å². The molecule has 0 fully saturated rings. The molecule has 0 atom stereocenters. The molecule has 0 aliphatic heterocycles. The van der Waals surface area contributed by atoms with Gasteiger partial charge in [0.1, 0.15) is 5.75 Å². The van der Waals surface area contributed by atoms with E-state index < -0.39 is 6.36 Å². The van der Waals surface area contributed by atoms with Gasteiger partial charge in [-0.15, -0.1) is 38.0 Å². The van der Waals surface area contributed by atoms with Crippen molar-refractivity contribution in [3.05, 3.63) is 48.5 Å². The minimum Gasteiger partial charge on any atom is -0.406 e. The highest BCUT2D eigenvalue weighted by Gasteiger charge is 2.30. The van der Waals surface area contributed by atoms with Gasteiger partial charge in [-0.05, 0) is 30.7 Å².